The van der Waals surface area contributed by atoms with E-state index in [1.54, 1.807) is 21.6 Å². The monoisotopic (exact) mass is 492 g/mol. The van der Waals surface area contributed by atoms with Gasteiger partial charge in [-0.3, -0.25) is 18.9 Å². The third-order valence-electron chi connectivity index (χ3n) is 5.99. The van der Waals surface area contributed by atoms with E-state index < -0.39 is 0 Å². The number of carbonyl (C=O) groups is 1. The van der Waals surface area contributed by atoms with Crippen molar-refractivity contribution in [3.05, 3.63) is 80.6 Å². The molecule has 9 heteroatoms. The zero-order valence-corrected chi connectivity index (χ0v) is 20.4. The fourth-order valence-corrected chi connectivity index (χ4v) is 5.44. The highest BCUT2D eigenvalue weighted by molar-refractivity contribution is 8.26. The van der Waals surface area contributed by atoms with Gasteiger partial charge in [0.05, 0.1) is 23.7 Å². The molecule has 2 saturated heterocycles. The van der Waals surface area contributed by atoms with Gasteiger partial charge in [-0.1, -0.05) is 60.4 Å². The second kappa shape index (κ2) is 9.69. The van der Waals surface area contributed by atoms with Crippen molar-refractivity contribution >= 4 is 51.7 Å². The topological polar surface area (TPSA) is 67.2 Å². The lowest BCUT2D eigenvalue weighted by molar-refractivity contribution is -0.122. The van der Waals surface area contributed by atoms with E-state index in [4.69, 9.17) is 21.9 Å². The van der Waals surface area contributed by atoms with Gasteiger partial charge in [-0.15, -0.1) is 0 Å². The van der Waals surface area contributed by atoms with Crippen LogP contribution in [0.25, 0.3) is 11.7 Å². The second-order valence-electron chi connectivity index (χ2n) is 8.21. The summed E-state index contributed by atoms with van der Waals surface area (Å²) in [4.78, 5) is 35.8. The van der Waals surface area contributed by atoms with Gasteiger partial charge in [-0.2, -0.15) is 0 Å². The number of aromatic nitrogens is 2. The lowest BCUT2D eigenvalue weighted by Gasteiger charge is -2.29. The van der Waals surface area contributed by atoms with E-state index in [-0.39, 0.29) is 11.5 Å². The summed E-state index contributed by atoms with van der Waals surface area (Å²) in [5.41, 5.74) is 2.86. The second-order valence-corrected chi connectivity index (χ2v) is 9.88. The van der Waals surface area contributed by atoms with Crippen molar-refractivity contribution in [3.8, 4) is 0 Å². The molecule has 0 radical (unpaired) electrons. The number of pyridine rings is 1. The van der Waals surface area contributed by atoms with E-state index in [1.807, 2.05) is 49.4 Å². The van der Waals surface area contributed by atoms with Gasteiger partial charge in [0.15, 0.2) is 0 Å². The molecule has 0 bridgehead atoms. The highest BCUT2D eigenvalue weighted by Gasteiger charge is 2.33. The van der Waals surface area contributed by atoms with Crippen LogP contribution in [0.4, 0.5) is 5.82 Å². The first-order valence-electron chi connectivity index (χ1n) is 11.2. The Hall–Kier alpha value is -3.01. The van der Waals surface area contributed by atoms with Crippen molar-refractivity contribution in [2.45, 2.75) is 13.3 Å². The number of rotatable bonds is 5. The summed E-state index contributed by atoms with van der Waals surface area (Å²) in [6, 6.07) is 13.8. The Morgan fingerprint density at radius 2 is 1.88 bits per heavy atom. The third-order valence-corrected chi connectivity index (χ3v) is 7.37. The van der Waals surface area contributed by atoms with Crippen LogP contribution in [0.5, 0.6) is 0 Å². The Balaban J connectivity index is 1.52. The number of aryl methyl sites for hydroxylation is 1. The van der Waals surface area contributed by atoms with Crippen molar-refractivity contribution in [2.75, 3.05) is 37.7 Å². The van der Waals surface area contributed by atoms with Gasteiger partial charge in [-0.05, 0) is 36.6 Å². The van der Waals surface area contributed by atoms with Crippen LogP contribution in [-0.2, 0) is 16.0 Å². The number of anilines is 1. The molecule has 1 amide bonds. The highest BCUT2D eigenvalue weighted by Crippen LogP contribution is 2.33. The summed E-state index contributed by atoms with van der Waals surface area (Å²) >= 11 is 6.75. The number of amides is 1. The van der Waals surface area contributed by atoms with Crippen molar-refractivity contribution in [1.29, 1.82) is 0 Å². The van der Waals surface area contributed by atoms with Crippen LogP contribution in [0.2, 0.25) is 0 Å². The summed E-state index contributed by atoms with van der Waals surface area (Å²) < 4.78 is 7.54. The lowest BCUT2D eigenvalue weighted by Crippen LogP contribution is -2.38. The number of hydrogen-bond donors (Lipinski definition) is 0. The molecule has 0 N–H and O–H groups in total. The van der Waals surface area contributed by atoms with Gasteiger partial charge < -0.3 is 9.64 Å². The van der Waals surface area contributed by atoms with E-state index in [2.05, 4.69) is 4.90 Å². The van der Waals surface area contributed by atoms with Gasteiger partial charge in [0.2, 0.25) is 0 Å². The number of thiocarbonyl (C=S) groups is 1. The van der Waals surface area contributed by atoms with E-state index in [9.17, 15) is 9.59 Å². The summed E-state index contributed by atoms with van der Waals surface area (Å²) in [5.74, 6) is 0.407. The van der Waals surface area contributed by atoms with Crippen LogP contribution in [0.3, 0.4) is 0 Å². The molecule has 34 heavy (non-hydrogen) atoms. The maximum atomic E-state index is 13.6. The molecule has 0 aliphatic carbocycles. The van der Waals surface area contributed by atoms with E-state index in [0.717, 1.165) is 11.1 Å². The van der Waals surface area contributed by atoms with Gasteiger partial charge in [-0.25, -0.2) is 4.98 Å². The molecule has 7 nitrogen and oxygen atoms in total. The van der Waals surface area contributed by atoms with Crippen molar-refractivity contribution in [2.24, 2.45) is 0 Å². The maximum Gasteiger partial charge on any atom is 0.267 e. The maximum absolute atomic E-state index is 13.6. The van der Waals surface area contributed by atoms with Crippen LogP contribution < -0.4 is 10.5 Å². The Labute approximate surface area is 207 Å². The van der Waals surface area contributed by atoms with Crippen LogP contribution >= 0.6 is 24.0 Å². The van der Waals surface area contributed by atoms with E-state index in [1.165, 1.54) is 11.8 Å². The summed E-state index contributed by atoms with van der Waals surface area (Å²) in [6.45, 7) is 4.82. The smallest absolute Gasteiger partial charge is 0.267 e. The number of thioether (sulfide) groups is 1. The number of fused-ring (bicyclic) bond motifs is 1. The standard InChI is InChI=1S/C25H24N4O3S2/c1-17-6-5-10-28-21(17)26-22(27-12-14-32-15-13-27)19(23(28)30)16-20-24(31)29(25(33)34-20)11-9-18-7-3-2-4-8-18/h2-8,10,16H,9,11-15H2,1H3/b20-16+. The molecular weight excluding hydrogens is 468 g/mol. The van der Waals surface area contributed by atoms with Crippen LogP contribution in [0.1, 0.15) is 16.7 Å². The fourth-order valence-electron chi connectivity index (χ4n) is 4.15. The van der Waals surface area contributed by atoms with Crippen molar-refractivity contribution < 1.29 is 9.53 Å². The zero-order valence-electron chi connectivity index (χ0n) is 18.8. The Bertz CT molecular complexity index is 1350. The van der Waals surface area contributed by atoms with Crippen molar-refractivity contribution in [1.82, 2.24) is 14.3 Å². The van der Waals surface area contributed by atoms with Gasteiger partial charge in [0.25, 0.3) is 11.5 Å². The first-order valence-corrected chi connectivity index (χ1v) is 12.4. The lowest BCUT2D eigenvalue weighted by atomic mass is 10.1. The number of morpholine rings is 1. The average molecular weight is 493 g/mol. The Morgan fingerprint density at radius 3 is 2.65 bits per heavy atom. The number of benzene rings is 1. The first kappa shape index (κ1) is 22.8. The first-order chi connectivity index (χ1) is 16.5. The minimum absolute atomic E-state index is 0.174. The fraction of sp³-hybridized carbons (Fsp3) is 0.280. The third kappa shape index (κ3) is 4.38. The molecule has 2 aromatic heterocycles. The van der Waals surface area contributed by atoms with Crippen LogP contribution in [0.15, 0.2) is 58.4 Å². The van der Waals surface area contributed by atoms with Gasteiger partial charge >= 0.3 is 0 Å². The molecule has 2 aliphatic rings. The minimum Gasteiger partial charge on any atom is -0.378 e. The molecule has 0 spiro atoms. The normalized spacial score (nSPS) is 17.9. The Morgan fingerprint density at radius 1 is 1.12 bits per heavy atom. The van der Waals surface area contributed by atoms with Crippen LogP contribution in [0, 0.1) is 6.92 Å². The molecule has 174 valence electrons. The molecule has 2 aliphatic heterocycles. The predicted molar refractivity (Wildman–Crippen MR) is 139 cm³/mol. The molecule has 1 aromatic carbocycles. The number of ether oxygens (including phenoxy) is 1. The molecule has 0 atom stereocenters. The van der Waals surface area contributed by atoms with Crippen molar-refractivity contribution in [3.63, 3.8) is 0 Å². The van der Waals surface area contributed by atoms with Gasteiger partial charge in [0, 0.05) is 25.8 Å². The predicted octanol–water partition coefficient (Wildman–Crippen LogP) is 3.28. The largest absolute Gasteiger partial charge is 0.378 e. The molecule has 3 aromatic rings. The van der Waals surface area contributed by atoms with Gasteiger partial charge in [0.1, 0.15) is 15.8 Å². The molecule has 5 rings (SSSR count). The molecule has 2 fully saturated rings. The zero-order chi connectivity index (χ0) is 23.7. The minimum atomic E-state index is -0.204. The summed E-state index contributed by atoms with van der Waals surface area (Å²) in [7, 11) is 0. The molecular formula is C25H24N4O3S2. The van der Waals surface area contributed by atoms with E-state index >= 15 is 0 Å². The molecule has 4 heterocycles. The highest BCUT2D eigenvalue weighted by atomic mass is 32.2. The number of nitrogens with zero attached hydrogens (tertiary/aromatic N) is 4. The molecule has 0 unspecified atom stereocenters. The van der Waals surface area contributed by atoms with E-state index in [0.29, 0.717) is 65.5 Å². The SMILES string of the molecule is Cc1cccn2c(=O)c(/C=C3/SC(=S)N(CCc4ccccc4)C3=O)c(N3CCOCC3)nc12. The average Bonchev–Trinajstić information content (AvgIpc) is 3.13. The summed E-state index contributed by atoms with van der Waals surface area (Å²) in [5, 5.41) is 0. The Kier molecular flexibility index (Phi) is 6.49. The quantitative estimate of drug-likeness (QED) is 0.400. The van der Waals surface area contributed by atoms with Crippen LogP contribution in [-0.4, -0.2) is 57.4 Å². The summed E-state index contributed by atoms with van der Waals surface area (Å²) in [6.07, 6.45) is 4.08. The number of hydrogen-bond acceptors (Lipinski definition) is 7. The molecule has 0 saturated carbocycles. The number of carbonyl (C=O) groups excluding carboxylic acids is 1.